The van der Waals surface area contributed by atoms with Crippen LogP contribution >= 0.6 is 0 Å². The first-order chi connectivity index (χ1) is 8.64. The Labute approximate surface area is 107 Å². The Balaban J connectivity index is 2.16. The number of methoxy groups -OCH3 is 1. The molecular weight excluding hydrogens is 254 g/mol. The molecule has 0 spiro atoms. The molecule has 1 N–H and O–H groups in total. The molecule has 1 aromatic rings. The molecule has 1 fully saturated rings. The first kappa shape index (κ1) is 13.5. The number of nitrogens with zero attached hydrogens (tertiary/aromatic N) is 2. The smallest absolute Gasteiger partial charge is 0.260 e. The van der Waals surface area contributed by atoms with Crippen LogP contribution in [0.5, 0.6) is 0 Å². The van der Waals surface area contributed by atoms with Crippen molar-refractivity contribution in [2.45, 2.75) is 24.3 Å². The maximum Gasteiger partial charge on any atom is 0.260 e. The van der Waals surface area contributed by atoms with E-state index in [0.29, 0.717) is 19.7 Å². The molecule has 2 rings (SSSR count). The van der Waals surface area contributed by atoms with Gasteiger partial charge in [-0.3, -0.25) is 0 Å². The lowest BCUT2D eigenvalue weighted by atomic mass is 10.1. The lowest BCUT2D eigenvalue weighted by molar-refractivity contribution is 0.141. The van der Waals surface area contributed by atoms with Crippen LogP contribution in [0.1, 0.15) is 19.3 Å². The molecule has 0 aliphatic carbocycles. The van der Waals surface area contributed by atoms with Gasteiger partial charge < -0.3 is 9.72 Å². The quantitative estimate of drug-likeness (QED) is 0.882. The molecule has 102 valence electrons. The average Bonchev–Trinajstić information content (AvgIpc) is 2.78. The standard InChI is InChI=1S/C11H19N3O3S/c1-17-8-10-4-2-3-5-14(7-10)18(15,16)11-6-12-9-13-11/h6,9-10H,2-5,7-8H2,1H3,(H,12,13). The van der Waals surface area contributed by atoms with Gasteiger partial charge in [-0.2, -0.15) is 4.31 Å². The fourth-order valence-electron chi connectivity index (χ4n) is 2.31. The van der Waals surface area contributed by atoms with Crippen LogP contribution in [0.15, 0.2) is 17.6 Å². The highest BCUT2D eigenvalue weighted by Crippen LogP contribution is 2.22. The van der Waals surface area contributed by atoms with Gasteiger partial charge in [0.1, 0.15) is 0 Å². The van der Waals surface area contributed by atoms with Crippen molar-refractivity contribution >= 4 is 10.0 Å². The summed E-state index contributed by atoms with van der Waals surface area (Å²) in [6.45, 7) is 1.70. The molecule has 18 heavy (non-hydrogen) atoms. The Bertz CT molecular complexity index is 458. The van der Waals surface area contributed by atoms with Crippen LogP contribution in [-0.4, -0.2) is 49.5 Å². The number of imidazole rings is 1. The van der Waals surface area contributed by atoms with Crippen molar-refractivity contribution in [3.63, 3.8) is 0 Å². The number of nitrogens with one attached hydrogen (secondary N) is 1. The van der Waals surface area contributed by atoms with E-state index in [1.54, 1.807) is 7.11 Å². The summed E-state index contributed by atoms with van der Waals surface area (Å²) >= 11 is 0. The molecule has 1 aliphatic heterocycles. The van der Waals surface area contributed by atoms with Crippen LogP contribution in [0.3, 0.4) is 0 Å². The Morgan fingerprint density at radius 1 is 1.56 bits per heavy atom. The number of hydrogen-bond donors (Lipinski definition) is 1. The minimum absolute atomic E-state index is 0.167. The Morgan fingerprint density at radius 2 is 2.39 bits per heavy atom. The molecule has 2 heterocycles. The molecular formula is C11H19N3O3S. The molecule has 1 unspecified atom stereocenters. The third-order valence-electron chi connectivity index (χ3n) is 3.23. The van der Waals surface area contributed by atoms with E-state index in [2.05, 4.69) is 9.97 Å². The molecule has 1 aliphatic rings. The van der Waals surface area contributed by atoms with E-state index >= 15 is 0 Å². The summed E-state index contributed by atoms with van der Waals surface area (Å²) in [4.78, 5) is 6.45. The first-order valence-electron chi connectivity index (χ1n) is 6.12. The van der Waals surface area contributed by atoms with Crippen LogP contribution < -0.4 is 0 Å². The second-order valence-corrected chi connectivity index (χ2v) is 6.50. The van der Waals surface area contributed by atoms with Gasteiger partial charge in [0.25, 0.3) is 10.0 Å². The summed E-state index contributed by atoms with van der Waals surface area (Å²) in [5.74, 6) is 0.273. The van der Waals surface area contributed by atoms with Crippen molar-refractivity contribution in [1.29, 1.82) is 0 Å². The molecule has 0 aromatic carbocycles. The van der Waals surface area contributed by atoms with Gasteiger partial charge in [-0.25, -0.2) is 13.4 Å². The topological polar surface area (TPSA) is 75.3 Å². The highest BCUT2D eigenvalue weighted by atomic mass is 32.2. The number of H-pyrrole nitrogens is 1. The van der Waals surface area contributed by atoms with Crippen LogP contribution in [0.2, 0.25) is 0 Å². The average molecular weight is 273 g/mol. The Morgan fingerprint density at radius 3 is 3.06 bits per heavy atom. The van der Waals surface area contributed by atoms with Crippen molar-refractivity contribution in [2.75, 3.05) is 26.8 Å². The normalized spacial score (nSPS) is 22.8. The predicted molar refractivity (Wildman–Crippen MR) is 66.6 cm³/mol. The van der Waals surface area contributed by atoms with E-state index in [1.165, 1.54) is 16.8 Å². The van der Waals surface area contributed by atoms with E-state index in [0.717, 1.165) is 19.3 Å². The third kappa shape index (κ3) is 2.90. The first-order valence-corrected chi connectivity index (χ1v) is 7.56. The minimum atomic E-state index is -3.43. The van der Waals surface area contributed by atoms with Gasteiger partial charge >= 0.3 is 0 Å². The molecule has 1 aromatic heterocycles. The minimum Gasteiger partial charge on any atom is -0.384 e. The molecule has 0 bridgehead atoms. The molecule has 0 saturated carbocycles. The molecule has 1 atom stereocenters. The van der Waals surface area contributed by atoms with Gasteiger partial charge in [-0.05, 0) is 18.8 Å². The van der Waals surface area contributed by atoms with Gasteiger partial charge in [0.2, 0.25) is 0 Å². The van der Waals surface area contributed by atoms with Crippen molar-refractivity contribution in [3.8, 4) is 0 Å². The van der Waals surface area contributed by atoms with Crippen molar-refractivity contribution < 1.29 is 13.2 Å². The molecule has 6 nitrogen and oxygen atoms in total. The predicted octanol–water partition coefficient (Wildman–Crippen LogP) is 0.847. The maximum atomic E-state index is 12.4. The van der Waals surface area contributed by atoms with E-state index in [1.807, 2.05) is 0 Å². The Kier molecular flexibility index (Phi) is 4.36. The lowest BCUT2D eigenvalue weighted by Crippen LogP contribution is -2.35. The van der Waals surface area contributed by atoms with Crippen molar-refractivity contribution in [2.24, 2.45) is 5.92 Å². The molecule has 7 heteroatoms. The number of aromatic nitrogens is 2. The number of ether oxygens (including phenoxy) is 1. The molecule has 0 radical (unpaired) electrons. The SMILES string of the molecule is COCC1CCCCN(S(=O)(=O)c2cnc[nH]2)C1. The third-order valence-corrected chi connectivity index (χ3v) is 5.02. The highest BCUT2D eigenvalue weighted by molar-refractivity contribution is 7.89. The Hall–Kier alpha value is -0.920. The van der Waals surface area contributed by atoms with Crippen LogP contribution in [0.4, 0.5) is 0 Å². The summed E-state index contributed by atoms with van der Waals surface area (Å²) in [5, 5.41) is 0.167. The van der Waals surface area contributed by atoms with Gasteiger partial charge in [0.15, 0.2) is 5.03 Å². The van der Waals surface area contributed by atoms with Crippen LogP contribution in [0, 0.1) is 5.92 Å². The second kappa shape index (κ2) is 5.81. The zero-order chi connectivity index (χ0) is 13.0. The van der Waals surface area contributed by atoms with Gasteiger partial charge in [-0.15, -0.1) is 0 Å². The van der Waals surface area contributed by atoms with Crippen molar-refractivity contribution in [1.82, 2.24) is 14.3 Å². The van der Waals surface area contributed by atoms with E-state index in [9.17, 15) is 8.42 Å². The van der Waals surface area contributed by atoms with Gasteiger partial charge in [-0.1, -0.05) is 6.42 Å². The zero-order valence-electron chi connectivity index (χ0n) is 10.5. The van der Waals surface area contributed by atoms with E-state index in [-0.39, 0.29) is 10.9 Å². The molecule has 0 amide bonds. The summed E-state index contributed by atoms with van der Waals surface area (Å²) in [5.41, 5.74) is 0. The lowest BCUT2D eigenvalue weighted by Gasteiger charge is -2.22. The number of rotatable bonds is 4. The fraction of sp³-hybridized carbons (Fsp3) is 0.727. The van der Waals surface area contributed by atoms with Gasteiger partial charge in [0.05, 0.1) is 19.1 Å². The van der Waals surface area contributed by atoms with Crippen molar-refractivity contribution in [3.05, 3.63) is 12.5 Å². The summed E-state index contributed by atoms with van der Waals surface area (Å²) in [6.07, 6.45) is 5.70. The summed E-state index contributed by atoms with van der Waals surface area (Å²) in [6, 6.07) is 0. The molecule has 1 saturated heterocycles. The van der Waals surface area contributed by atoms with E-state index in [4.69, 9.17) is 4.74 Å². The van der Waals surface area contributed by atoms with Crippen LogP contribution in [-0.2, 0) is 14.8 Å². The number of sulfonamides is 1. The zero-order valence-corrected chi connectivity index (χ0v) is 11.3. The van der Waals surface area contributed by atoms with Gasteiger partial charge in [0, 0.05) is 20.2 Å². The van der Waals surface area contributed by atoms with E-state index < -0.39 is 10.0 Å². The summed E-state index contributed by atoms with van der Waals surface area (Å²) < 4.78 is 31.4. The number of aromatic amines is 1. The highest BCUT2D eigenvalue weighted by Gasteiger charge is 2.29. The number of hydrogen-bond acceptors (Lipinski definition) is 4. The maximum absolute atomic E-state index is 12.4. The summed E-state index contributed by atoms with van der Waals surface area (Å²) in [7, 11) is -1.78. The second-order valence-electron chi connectivity index (χ2n) is 4.60. The largest absolute Gasteiger partial charge is 0.384 e. The fourth-order valence-corrected chi connectivity index (χ4v) is 3.76. The monoisotopic (exact) mass is 273 g/mol. The van der Waals surface area contributed by atoms with Crippen LogP contribution in [0.25, 0.3) is 0 Å².